The summed E-state index contributed by atoms with van der Waals surface area (Å²) < 4.78 is 1.75. The number of rotatable bonds is 4. The molecule has 0 aliphatic rings. The van der Waals surface area contributed by atoms with E-state index in [2.05, 4.69) is 15.4 Å². The Bertz CT molecular complexity index is 831. The summed E-state index contributed by atoms with van der Waals surface area (Å²) in [6, 6.07) is 11.4. The van der Waals surface area contributed by atoms with Crippen LogP contribution < -0.4 is 11.1 Å². The number of nitrogens with two attached hydrogens (primary N) is 1. The number of nitrogens with one attached hydrogen (secondary N) is 1. The molecule has 1 amide bonds. The van der Waals surface area contributed by atoms with Gasteiger partial charge in [-0.15, -0.1) is 0 Å². The maximum atomic E-state index is 12.2. The van der Waals surface area contributed by atoms with Crippen LogP contribution in [0.3, 0.4) is 0 Å². The Labute approximate surface area is 137 Å². The second-order valence-electron chi connectivity index (χ2n) is 4.96. The number of hydrogen-bond donors (Lipinski definition) is 2. The van der Waals surface area contributed by atoms with Crippen LogP contribution in [0.5, 0.6) is 0 Å². The largest absolute Gasteiger partial charge is 0.382 e. The first-order chi connectivity index (χ1) is 11.1. The van der Waals surface area contributed by atoms with E-state index in [4.69, 9.17) is 17.3 Å². The van der Waals surface area contributed by atoms with Gasteiger partial charge in [-0.2, -0.15) is 5.10 Å². The smallest absolute Gasteiger partial charge is 0.257 e. The first-order valence-corrected chi connectivity index (χ1v) is 7.28. The molecule has 3 rings (SSSR count). The number of carbonyl (C=O) groups is 1. The summed E-state index contributed by atoms with van der Waals surface area (Å²) in [7, 11) is 0. The summed E-state index contributed by atoms with van der Waals surface area (Å²) in [5.41, 5.74) is 7.59. The van der Waals surface area contributed by atoms with Crippen molar-refractivity contribution in [3.8, 4) is 0 Å². The van der Waals surface area contributed by atoms with E-state index < -0.39 is 0 Å². The number of nitrogens with zero attached hydrogens (tertiary/aromatic N) is 3. The molecule has 0 atom stereocenters. The summed E-state index contributed by atoms with van der Waals surface area (Å²) in [6.45, 7) is 0.631. The van der Waals surface area contributed by atoms with Gasteiger partial charge in [-0.25, -0.2) is 4.98 Å². The summed E-state index contributed by atoms with van der Waals surface area (Å²) >= 11 is 5.87. The predicted molar refractivity (Wildman–Crippen MR) is 89.4 cm³/mol. The molecule has 3 aromatic rings. The molecule has 0 fully saturated rings. The maximum absolute atomic E-state index is 12.2. The van der Waals surface area contributed by atoms with Gasteiger partial charge in [-0.3, -0.25) is 9.48 Å². The van der Waals surface area contributed by atoms with E-state index in [1.807, 2.05) is 30.3 Å². The summed E-state index contributed by atoms with van der Waals surface area (Å²) in [5, 5.41) is 7.23. The lowest BCUT2D eigenvalue weighted by Gasteiger charge is -2.04. The lowest BCUT2D eigenvalue weighted by atomic mass is 10.2. The van der Waals surface area contributed by atoms with Crippen LogP contribution in [0.25, 0.3) is 0 Å². The predicted octanol–water partition coefficient (Wildman–Crippen LogP) is 2.81. The average molecular weight is 328 g/mol. The topological polar surface area (TPSA) is 85.8 Å². The monoisotopic (exact) mass is 327 g/mol. The molecule has 0 radical (unpaired) electrons. The number of anilines is 2. The van der Waals surface area contributed by atoms with Crippen LogP contribution in [0.1, 0.15) is 15.9 Å². The van der Waals surface area contributed by atoms with Crippen molar-refractivity contribution in [3.63, 3.8) is 0 Å². The molecule has 116 valence electrons. The first-order valence-electron chi connectivity index (χ1n) is 6.90. The van der Waals surface area contributed by atoms with Gasteiger partial charge in [0.2, 0.25) is 0 Å². The van der Waals surface area contributed by atoms with Gasteiger partial charge in [0.25, 0.3) is 5.91 Å². The first kappa shape index (κ1) is 15.1. The van der Waals surface area contributed by atoms with Crippen LogP contribution in [0, 0.1) is 0 Å². The van der Waals surface area contributed by atoms with E-state index in [1.54, 1.807) is 17.1 Å². The quantitative estimate of drug-likeness (QED) is 0.771. The third kappa shape index (κ3) is 3.67. The summed E-state index contributed by atoms with van der Waals surface area (Å²) in [4.78, 5) is 16.0. The molecule has 0 bridgehead atoms. The Morgan fingerprint density at radius 3 is 2.78 bits per heavy atom. The zero-order valence-corrected chi connectivity index (χ0v) is 12.9. The minimum absolute atomic E-state index is 0.193. The van der Waals surface area contributed by atoms with Gasteiger partial charge < -0.3 is 11.1 Å². The number of carbonyl (C=O) groups excluding carboxylic acids is 1. The molecule has 0 spiro atoms. The van der Waals surface area contributed by atoms with Gasteiger partial charge in [-0.1, -0.05) is 41.9 Å². The average Bonchev–Trinajstić information content (AvgIpc) is 2.98. The molecule has 0 aliphatic carbocycles. The second-order valence-corrected chi connectivity index (χ2v) is 5.36. The highest BCUT2D eigenvalue weighted by Crippen LogP contribution is 2.17. The molecule has 2 aromatic heterocycles. The molecule has 23 heavy (non-hydrogen) atoms. The minimum Gasteiger partial charge on any atom is -0.382 e. The van der Waals surface area contributed by atoms with Crippen LogP contribution in [-0.2, 0) is 6.54 Å². The van der Waals surface area contributed by atoms with E-state index in [9.17, 15) is 4.79 Å². The Hall–Kier alpha value is -2.86. The number of halogens is 1. The number of nitrogen functional groups attached to an aromatic ring is 1. The van der Waals surface area contributed by atoms with Gasteiger partial charge in [0.05, 0.1) is 29.0 Å². The lowest BCUT2D eigenvalue weighted by Crippen LogP contribution is -2.12. The van der Waals surface area contributed by atoms with Crippen LogP contribution in [0.4, 0.5) is 11.5 Å². The van der Waals surface area contributed by atoms with Crippen LogP contribution in [0.2, 0.25) is 5.02 Å². The Kier molecular flexibility index (Phi) is 4.25. The second kappa shape index (κ2) is 6.50. The molecule has 0 aliphatic heterocycles. The maximum Gasteiger partial charge on any atom is 0.257 e. The van der Waals surface area contributed by atoms with E-state index >= 15 is 0 Å². The van der Waals surface area contributed by atoms with Crippen molar-refractivity contribution in [2.45, 2.75) is 6.54 Å². The van der Waals surface area contributed by atoms with Gasteiger partial charge in [-0.05, 0) is 11.6 Å². The standard InChI is InChI=1S/C16H14ClN5O/c17-14-6-12(7-19-15(14)18)16(23)21-13-8-20-22(10-13)9-11-4-2-1-3-5-11/h1-8,10H,9H2,(H2,18,19)(H,21,23). The molecule has 7 heteroatoms. The SMILES string of the molecule is Nc1ncc(C(=O)Nc2cnn(Cc3ccccc3)c2)cc1Cl. The van der Waals surface area contributed by atoms with Crippen molar-refractivity contribution in [3.05, 3.63) is 71.1 Å². The minimum atomic E-state index is -0.321. The van der Waals surface area contributed by atoms with Gasteiger partial charge in [0, 0.05) is 12.4 Å². The van der Waals surface area contributed by atoms with E-state index in [0.29, 0.717) is 17.8 Å². The Balaban J connectivity index is 1.68. The van der Waals surface area contributed by atoms with Crippen molar-refractivity contribution >= 4 is 29.0 Å². The van der Waals surface area contributed by atoms with Crippen molar-refractivity contribution in [1.82, 2.24) is 14.8 Å². The van der Waals surface area contributed by atoms with Gasteiger partial charge >= 0.3 is 0 Å². The molecule has 3 N–H and O–H groups in total. The fourth-order valence-electron chi connectivity index (χ4n) is 2.06. The van der Waals surface area contributed by atoms with Crippen LogP contribution in [-0.4, -0.2) is 20.7 Å². The number of amides is 1. The zero-order valence-electron chi connectivity index (χ0n) is 12.1. The van der Waals surface area contributed by atoms with Crippen LogP contribution in [0.15, 0.2) is 55.0 Å². The van der Waals surface area contributed by atoms with E-state index in [1.165, 1.54) is 12.3 Å². The van der Waals surface area contributed by atoms with Gasteiger partial charge in [0.15, 0.2) is 0 Å². The molecular formula is C16H14ClN5O. The highest BCUT2D eigenvalue weighted by atomic mass is 35.5. The highest BCUT2D eigenvalue weighted by Gasteiger charge is 2.10. The van der Waals surface area contributed by atoms with Crippen molar-refractivity contribution in [2.24, 2.45) is 0 Å². The number of aromatic nitrogens is 3. The molecule has 2 heterocycles. The molecule has 0 unspecified atom stereocenters. The Morgan fingerprint density at radius 2 is 2.04 bits per heavy atom. The lowest BCUT2D eigenvalue weighted by molar-refractivity contribution is 0.102. The summed E-state index contributed by atoms with van der Waals surface area (Å²) in [6.07, 6.45) is 4.73. The van der Waals surface area contributed by atoms with Crippen molar-refractivity contribution < 1.29 is 4.79 Å². The van der Waals surface area contributed by atoms with Crippen molar-refractivity contribution in [2.75, 3.05) is 11.1 Å². The summed E-state index contributed by atoms with van der Waals surface area (Å²) in [5.74, 6) is -0.127. The molecule has 6 nitrogen and oxygen atoms in total. The number of pyridine rings is 1. The third-order valence-electron chi connectivity index (χ3n) is 3.21. The van der Waals surface area contributed by atoms with Crippen LogP contribution >= 0.6 is 11.6 Å². The number of hydrogen-bond acceptors (Lipinski definition) is 4. The fraction of sp³-hybridized carbons (Fsp3) is 0.0625. The normalized spacial score (nSPS) is 10.5. The fourth-order valence-corrected chi connectivity index (χ4v) is 2.23. The highest BCUT2D eigenvalue weighted by molar-refractivity contribution is 6.33. The number of benzene rings is 1. The van der Waals surface area contributed by atoms with Gasteiger partial charge in [0.1, 0.15) is 5.82 Å². The molecule has 1 aromatic carbocycles. The van der Waals surface area contributed by atoms with E-state index in [-0.39, 0.29) is 16.7 Å². The third-order valence-corrected chi connectivity index (χ3v) is 3.51. The molecular weight excluding hydrogens is 314 g/mol. The molecule has 0 saturated heterocycles. The Morgan fingerprint density at radius 1 is 1.26 bits per heavy atom. The molecule has 0 saturated carbocycles. The van der Waals surface area contributed by atoms with Crippen molar-refractivity contribution in [1.29, 1.82) is 0 Å². The zero-order chi connectivity index (χ0) is 16.2. The van der Waals surface area contributed by atoms with E-state index in [0.717, 1.165) is 5.56 Å².